The molecule has 29 heavy (non-hydrogen) atoms. The van der Waals surface area contributed by atoms with Crippen molar-refractivity contribution in [2.24, 2.45) is 0 Å². The number of anilines is 1. The second-order valence-electron chi connectivity index (χ2n) is 6.94. The van der Waals surface area contributed by atoms with Crippen LogP contribution in [-0.4, -0.2) is 66.3 Å². The Morgan fingerprint density at radius 2 is 1.86 bits per heavy atom. The summed E-state index contributed by atoms with van der Waals surface area (Å²) in [4.78, 5) is 21.9. The van der Waals surface area contributed by atoms with E-state index in [4.69, 9.17) is 4.74 Å². The van der Waals surface area contributed by atoms with Gasteiger partial charge in [0.2, 0.25) is 10.0 Å². The van der Waals surface area contributed by atoms with Gasteiger partial charge in [-0.2, -0.15) is 4.31 Å². The van der Waals surface area contributed by atoms with E-state index in [0.29, 0.717) is 26.3 Å². The van der Waals surface area contributed by atoms with E-state index in [1.807, 2.05) is 36.1 Å². The van der Waals surface area contributed by atoms with E-state index >= 15 is 0 Å². The SMILES string of the molecule is Cc1ccc(CN(Cc2ncc(C(=O)O)c(N3CCOCC3)n2)S(C)(=O)=O)cc1. The summed E-state index contributed by atoms with van der Waals surface area (Å²) >= 11 is 0. The van der Waals surface area contributed by atoms with Crippen LogP contribution in [0.25, 0.3) is 0 Å². The number of morpholine rings is 1. The highest BCUT2D eigenvalue weighted by atomic mass is 32.2. The topological polar surface area (TPSA) is 113 Å². The zero-order valence-electron chi connectivity index (χ0n) is 16.4. The monoisotopic (exact) mass is 420 g/mol. The van der Waals surface area contributed by atoms with Gasteiger partial charge in [-0.3, -0.25) is 0 Å². The van der Waals surface area contributed by atoms with E-state index in [0.717, 1.165) is 17.4 Å². The van der Waals surface area contributed by atoms with Gasteiger partial charge in [-0.15, -0.1) is 0 Å². The van der Waals surface area contributed by atoms with Crippen LogP contribution in [0.4, 0.5) is 5.82 Å². The molecule has 1 saturated heterocycles. The molecular formula is C19H24N4O5S. The largest absolute Gasteiger partial charge is 0.477 e. The fraction of sp³-hybridized carbons (Fsp3) is 0.421. The zero-order chi connectivity index (χ0) is 21.0. The highest BCUT2D eigenvalue weighted by Crippen LogP contribution is 2.20. The molecule has 1 fully saturated rings. The maximum atomic E-state index is 12.3. The van der Waals surface area contributed by atoms with Crippen LogP contribution in [0.15, 0.2) is 30.5 Å². The van der Waals surface area contributed by atoms with E-state index in [1.165, 1.54) is 10.5 Å². The summed E-state index contributed by atoms with van der Waals surface area (Å²) in [5, 5.41) is 9.47. The van der Waals surface area contributed by atoms with Crippen LogP contribution in [0.2, 0.25) is 0 Å². The van der Waals surface area contributed by atoms with Crippen LogP contribution in [0.1, 0.15) is 27.3 Å². The van der Waals surface area contributed by atoms with Crippen molar-refractivity contribution in [2.75, 3.05) is 37.5 Å². The highest BCUT2D eigenvalue weighted by molar-refractivity contribution is 7.88. The normalized spacial score (nSPS) is 14.9. The van der Waals surface area contributed by atoms with Gasteiger partial charge in [-0.1, -0.05) is 29.8 Å². The maximum Gasteiger partial charge on any atom is 0.341 e. The Morgan fingerprint density at radius 1 is 1.21 bits per heavy atom. The minimum atomic E-state index is -3.53. The van der Waals surface area contributed by atoms with Gasteiger partial charge in [0.15, 0.2) is 0 Å². The van der Waals surface area contributed by atoms with Crippen molar-refractivity contribution in [3.63, 3.8) is 0 Å². The lowest BCUT2D eigenvalue weighted by atomic mass is 10.1. The Hall–Kier alpha value is -2.56. The quantitative estimate of drug-likeness (QED) is 0.713. The number of aryl methyl sites for hydroxylation is 1. The molecule has 156 valence electrons. The molecule has 0 aliphatic carbocycles. The first-order valence-corrected chi connectivity index (χ1v) is 11.0. The molecule has 0 unspecified atom stereocenters. The molecule has 1 N–H and O–H groups in total. The summed E-state index contributed by atoms with van der Waals surface area (Å²) in [5.74, 6) is -0.596. The van der Waals surface area contributed by atoms with Crippen LogP contribution < -0.4 is 4.90 Å². The summed E-state index contributed by atoms with van der Waals surface area (Å²) in [6.45, 7) is 4.05. The van der Waals surface area contributed by atoms with E-state index in [2.05, 4.69) is 9.97 Å². The smallest absolute Gasteiger partial charge is 0.341 e. The summed E-state index contributed by atoms with van der Waals surface area (Å²) in [6, 6.07) is 7.59. The third kappa shape index (κ3) is 5.49. The molecule has 1 aliphatic heterocycles. The fourth-order valence-corrected chi connectivity index (χ4v) is 3.73. The van der Waals surface area contributed by atoms with Crippen LogP contribution in [0, 0.1) is 6.92 Å². The molecule has 1 aromatic carbocycles. The summed E-state index contributed by atoms with van der Waals surface area (Å²) in [7, 11) is -3.53. The van der Waals surface area contributed by atoms with Gasteiger partial charge in [0.25, 0.3) is 0 Å². The molecule has 1 aromatic heterocycles. The van der Waals surface area contributed by atoms with Crippen molar-refractivity contribution in [2.45, 2.75) is 20.0 Å². The molecule has 0 saturated carbocycles. The second kappa shape index (κ2) is 8.85. The highest BCUT2D eigenvalue weighted by Gasteiger charge is 2.24. The molecule has 0 bridgehead atoms. The number of carboxylic acids is 1. The molecule has 10 heteroatoms. The Labute approximate surface area is 170 Å². The minimum absolute atomic E-state index is 0.0138. The molecule has 2 aromatic rings. The molecule has 0 amide bonds. The van der Waals surface area contributed by atoms with Gasteiger partial charge >= 0.3 is 5.97 Å². The number of carboxylic acid groups (broad SMARTS) is 1. The van der Waals surface area contributed by atoms with Crippen molar-refractivity contribution in [1.29, 1.82) is 0 Å². The van der Waals surface area contributed by atoms with Gasteiger partial charge < -0.3 is 14.7 Å². The van der Waals surface area contributed by atoms with Crippen molar-refractivity contribution in [3.05, 3.63) is 53.0 Å². The first-order valence-electron chi connectivity index (χ1n) is 9.16. The fourth-order valence-electron chi connectivity index (χ4n) is 3.00. The third-order valence-electron chi connectivity index (χ3n) is 4.63. The molecule has 1 aliphatic rings. The van der Waals surface area contributed by atoms with Crippen LogP contribution in [0.3, 0.4) is 0 Å². The molecule has 0 atom stereocenters. The average molecular weight is 420 g/mol. The lowest BCUT2D eigenvalue weighted by molar-refractivity contribution is 0.0695. The number of rotatable bonds is 7. The van der Waals surface area contributed by atoms with Gasteiger partial charge in [-0.25, -0.2) is 23.2 Å². The summed E-state index contributed by atoms with van der Waals surface area (Å²) < 4.78 is 31.2. The van der Waals surface area contributed by atoms with Gasteiger partial charge in [0.05, 0.1) is 26.0 Å². The van der Waals surface area contributed by atoms with Crippen molar-refractivity contribution in [3.8, 4) is 0 Å². The number of hydrogen-bond acceptors (Lipinski definition) is 7. The molecular weight excluding hydrogens is 396 g/mol. The number of aromatic nitrogens is 2. The van der Waals surface area contributed by atoms with Crippen LogP contribution in [0.5, 0.6) is 0 Å². The van der Waals surface area contributed by atoms with Gasteiger partial charge in [-0.05, 0) is 12.5 Å². The number of carbonyl (C=O) groups is 1. The number of hydrogen-bond donors (Lipinski definition) is 1. The lowest BCUT2D eigenvalue weighted by Crippen LogP contribution is -2.38. The predicted octanol–water partition coefficient (Wildman–Crippen LogP) is 1.28. The van der Waals surface area contributed by atoms with Crippen LogP contribution >= 0.6 is 0 Å². The summed E-state index contributed by atoms with van der Waals surface area (Å²) in [6.07, 6.45) is 2.37. The Balaban J connectivity index is 1.88. The van der Waals surface area contributed by atoms with Gasteiger partial charge in [0.1, 0.15) is 17.2 Å². The Bertz CT molecular complexity index is 973. The maximum absolute atomic E-state index is 12.3. The van der Waals surface area contributed by atoms with E-state index in [-0.39, 0.29) is 30.3 Å². The number of ether oxygens (including phenoxy) is 1. The van der Waals surface area contributed by atoms with E-state index < -0.39 is 16.0 Å². The second-order valence-corrected chi connectivity index (χ2v) is 8.93. The van der Waals surface area contributed by atoms with E-state index in [1.54, 1.807) is 0 Å². The Morgan fingerprint density at radius 3 is 2.45 bits per heavy atom. The Kier molecular flexibility index (Phi) is 6.46. The van der Waals surface area contributed by atoms with Gasteiger partial charge in [0, 0.05) is 25.8 Å². The zero-order valence-corrected chi connectivity index (χ0v) is 17.2. The van der Waals surface area contributed by atoms with Crippen molar-refractivity contribution >= 4 is 21.8 Å². The molecule has 9 nitrogen and oxygen atoms in total. The van der Waals surface area contributed by atoms with Crippen molar-refractivity contribution < 1.29 is 23.1 Å². The average Bonchev–Trinajstić information content (AvgIpc) is 2.69. The third-order valence-corrected chi connectivity index (χ3v) is 5.82. The first-order chi connectivity index (χ1) is 13.7. The molecule has 3 rings (SSSR count). The minimum Gasteiger partial charge on any atom is -0.477 e. The number of aromatic carboxylic acids is 1. The predicted molar refractivity (Wildman–Crippen MR) is 107 cm³/mol. The lowest BCUT2D eigenvalue weighted by Gasteiger charge is -2.29. The number of nitrogens with zero attached hydrogens (tertiary/aromatic N) is 4. The number of benzene rings is 1. The molecule has 0 radical (unpaired) electrons. The molecule has 2 heterocycles. The first kappa shape index (κ1) is 21.2. The van der Waals surface area contributed by atoms with Crippen molar-refractivity contribution in [1.82, 2.24) is 14.3 Å². The molecule has 0 spiro atoms. The van der Waals surface area contributed by atoms with Crippen LogP contribution in [-0.2, 0) is 27.8 Å². The number of sulfonamides is 1. The van der Waals surface area contributed by atoms with E-state index in [9.17, 15) is 18.3 Å². The summed E-state index contributed by atoms with van der Waals surface area (Å²) in [5.41, 5.74) is 1.92. The standard InChI is InChI=1S/C19H24N4O5S/c1-14-3-5-15(6-4-14)12-23(29(2,26)27)13-17-20-11-16(19(24)25)18(21-17)22-7-9-28-10-8-22/h3-6,11H,7-10,12-13H2,1-2H3,(H,24,25).